The lowest BCUT2D eigenvalue weighted by Gasteiger charge is -2.26. The van der Waals surface area contributed by atoms with E-state index in [1.165, 1.54) is 37.7 Å². The van der Waals surface area contributed by atoms with Crippen molar-refractivity contribution < 1.29 is 0 Å². The van der Waals surface area contributed by atoms with Crippen molar-refractivity contribution >= 4 is 5.95 Å². The number of rotatable bonds is 5. The van der Waals surface area contributed by atoms with Crippen molar-refractivity contribution in [1.82, 2.24) is 9.55 Å². The average molecular weight is 283 g/mol. The number of nitrogens with one attached hydrogen (secondary N) is 1. The summed E-state index contributed by atoms with van der Waals surface area (Å²) in [5.41, 5.74) is 1.37. The predicted octanol–water partition coefficient (Wildman–Crippen LogP) is 4.43. The van der Waals surface area contributed by atoms with Crippen LogP contribution >= 0.6 is 0 Å². The first-order valence-electron chi connectivity index (χ1n) is 8.16. The Kier molecular flexibility index (Phi) is 4.59. The van der Waals surface area contributed by atoms with Crippen molar-refractivity contribution in [3.63, 3.8) is 0 Å². The lowest BCUT2D eigenvalue weighted by atomic mass is 9.95. The van der Waals surface area contributed by atoms with E-state index >= 15 is 0 Å². The molecule has 1 fully saturated rings. The van der Waals surface area contributed by atoms with Gasteiger partial charge in [0.1, 0.15) is 0 Å². The number of hydrogen-bond donors (Lipinski definition) is 1. The number of anilines is 1. The molecule has 3 heteroatoms. The van der Waals surface area contributed by atoms with Gasteiger partial charge >= 0.3 is 0 Å². The van der Waals surface area contributed by atoms with Gasteiger partial charge in [0.15, 0.2) is 0 Å². The molecule has 0 saturated heterocycles. The van der Waals surface area contributed by atoms with E-state index in [1.807, 2.05) is 6.20 Å². The van der Waals surface area contributed by atoms with Crippen LogP contribution in [0, 0.1) is 0 Å². The molecule has 1 aliphatic carbocycles. The molecule has 0 spiro atoms. The summed E-state index contributed by atoms with van der Waals surface area (Å²) in [4.78, 5) is 4.52. The van der Waals surface area contributed by atoms with Gasteiger partial charge in [-0.2, -0.15) is 0 Å². The summed E-state index contributed by atoms with van der Waals surface area (Å²) in [6, 6.07) is 11.7. The van der Waals surface area contributed by atoms with Gasteiger partial charge in [0.2, 0.25) is 5.95 Å². The Morgan fingerprint density at radius 3 is 2.71 bits per heavy atom. The summed E-state index contributed by atoms with van der Waals surface area (Å²) in [6.45, 7) is 2.23. The molecule has 0 aliphatic heterocycles. The number of hydrogen-bond acceptors (Lipinski definition) is 2. The highest BCUT2D eigenvalue weighted by Gasteiger charge is 2.18. The Balaban J connectivity index is 1.63. The summed E-state index contributed by atoms with van der Waals surface area (Å²) in [7, 11) is 0. The Morgan fingerprint density at radius 2 is 1.95 bits per heavy atom. The molecule has 1 N–H and O–H groups in total. The monoisotopic (exact) mass is 283 g/mol. The van der Waals surface area contributed by atoms with Crippen LogP contribution in [0.4, 0.5) is 5.95 Å². The van der Waals surface area contributed by atoms with Crippen LogP contribution in [0.3, 0.4) is 0 Å². The highest BCUT2D eigenvalue weighted by atomic mass is 15.2. The number of nitrogens with zero attached hydrogens (tertiary/aromatic N) is 2. The van der Waals surface area contributed by atoms with Crippen molar-refractivity contribution in [2.24, 2.45) is 0 Å². The molecule has 2 aromatic rings. The van der Waals surface area contributed by atoms with E-state index in [2.05, 4.69) is 58.3 Å². The molecule has 1 heterocycles. The smallest absolute Gasteiger partial charge is 0.203 e. The van der Waals surface area contributed by atoms with Crippen molar-refractivity contribution in [2.75, 3.05) is 5.32 Å². The topological polar surface area (TPSA) is 29.9 Å². The summed E-state index contributed by atoms with van der Waals surface area (Å²) in [5, 5.41) is 3.59. The minimum absolute atomic E-state index is 0.386. The van der Waals surface area contributed by atoms with E-state index < -0.39 is 0 Å². The second kappa shape index (κ2) is 6.79. The molecule has 3 rings (SSSR count). The first kappa shape index (κ1) is 14.2. The van der Waals surface area contributed by atoms with Gasteiger partial charge in [-0.15, -0.1) is 0 Å². The van der Waals surface area contributed by atoms with Crippen molar-refractivity contribution in [3.8, 4) is 0 Å². The minimum atomic E-state index is 0.386. The molecule has 1 aliphatic rings. The Labute approximate surface area is 127 Å². The second-order valence-electron chi connectivity index (χ2n) is 6.19. The molecule has 0 bridgehead atoms. The first-order valence-corrected chi connectivity index (χ1v) is 8.16. The zero-order valence-electron chi connectivity index (χ0n) is 12.8. The largest absolute Gasteiger partial charge is 0.353 e. The zero-order valence-corrected chi connectivity index (χ0v) is 12.8. The number of benzene rings is 1. The van der Waals surface area contributed by atoms with Crippen LogP contribution in [0.25, 0.3) is 0 Å². The molecule has 1 aromatic carbocycles. The minimum Gasteiger partial charge on any atom is -0.353 e. The van der Waals surface area contributed by atoms with Crippen LogP contribution in [0.2, 0.25) is 0 Å². The summed E-state index contributed by atoms with van der Waals surface area (Å²) < 4.78 is 2.35. The van der Waals surface area contributed by atoms with Crippen LogP contribution in [0.1, 0.15) is 50.6 Å². The van der Waals surface area contributed by atoms with Crippen molar-refractivity contribution in [3.05, 3.63) is 48.3 Å². The summed E-state index contributed by atoms with van der Waals surface area (Å²) in [6.07, 6.45) is 11.7. The number of imidazole rings is 1. The van der Waals surface area contributed by atoms with Gasteiger partial charge in [-0.3, -0.25) is 0 Å². The standard InChI is InChI=1S/C18H25N3/c1-15(14-16-8-4-2-5-9-16)20-18-19-12-13-21(18)17-10-6-3-7-11-17/h2,4-5,8-9,12-13,15,17H,3,6-7,10-11,14H2,1H3,(H,19,20). The molecular weight excluding hydrogens is 258 g/mol. The Morgan fingerprint density at radius 1 is 1.19 bits per heavy atom. The van der Waals surface area contributed by atoms with Gasteiger partial charge in [0.05, 0.1) is 0 Å². The lowest BCUT2D eigenvalue weighted by Crippen LogP contribution is -2.23. The average Bonchev–Trinajstić information content (AvgIpc) is 2.97. The van der Waals surface area contributed by atoms with Crippen molar-refractivity contribution in [2.45, 2.75) is 57.5 Å². The van der Waals surface area contributed by atoms with E-state index in [0.717, 1.165) is 12.4 Å². The van der Waals surface area contributed by atoms with Crippen LogP contribution < -0.4 is 5.32 Å². The third-order valence-corrected chi connectivity index (χ3v) is 4.40. The zero-order chi connectivity index (χ0) is 14.5. The van der Waals surface area contributed by atoms with Gasteiger partial charge in [-0.25, -0.2) is 4.98 Å². The fourth-order valence-electron chi connectivity index (χ4n) is 3.32. The summed E-state index contributed by atoms with van der Waals surface area (Å²) >= 11 is 0. The summed E-state index contributed by atoms with van der Waals surface area (Å²) in [5.74, 6) is 1.03. The van der Waals surface area contributed by atoms with Gasteiger partial charge < -0.3 is 9.88 Å². The molecule has 0 amide bonds. The molecule has 0 radical (unpaired) electrons. The molecule has 112 valence electrons. The molecule has 1 saturated carbocycles. The Hall–Kier alpha value is -1.77. The third-order valence-electron chi connectivity index (χ3n) is 4.40. The third kappa shape index (κ3) is 3.66. The molecule has 1 unspecified atom stereocenters. The van der Waals surface area contributed by atoms with Gasteiger partial charge in [-0.1, -0.05) is 49.6 Å². The highest BCUT2D eigenvalue weighted by molar-refractivity contribution is 5.29. The molecule has 1 aromatic heterocycles. The SMILES string of the molecule is CC(Cc1ccccc1)Nc1nccn1C1CCCCC1. The van der Waals surface area contributed by atoms with Gasteiger partial charge in [0, 0.05) is 24.5 Å². The van der Waals surface area contributed by atoms with E-state index in [9.17, 15) is 0 Å². The van der Waals surface area contributed by atoms with Crippen LogP contribution in [-0.4, -0.2) is 15.6 Å². The molecule has 3 nitrogen and oxygen atoms in total. The van der Waals surface area contributed by atoms with Gasteiger partial charge in [0.25, 0.3) is 0 Å². The highest BCUT2D eigenvalue weighted by Crippen LogP contribution is 2.30. The quantitative estimate of drug-likeness (QED) is 0.879. The fourth-order valence-corrected chi connectivity index (χ4v) is 3.32. The Bertz CT molecular complexity index is 541. The maximum Gasteiger partial charge on any atom is 0.203 e. The fraction of sp³-hybridized carbons (Fsp3) is 0.500. The maximum absolute atomic E-state index is 4.52. The lowest BCUT2D eigenvalue weighted by molar-refractivity contribution is 0.355. The van der Waals surface area contributed by atoms with E-state index in [0.29, 0.717) is 12.1 Å². The molecule has 21 heavy (non-hydrogen) atoms. The second-order valence-corrected chi connectivity index (χ2v) is 6.19. The van der Waals surface area contributed by atoms with Gasteiger partial charge in [-0.05, 0) is 31.7 Å². The van der Waals surface area contributed by atoms with Crippen molar-refractivity contribution in [1.29, 1.82) is 0 Å². The number of aromatic nitrogens is 2. The molecule has 1 atom stereocenters. The van der Waals surface area contributed by atoms with Crippen LogP contribution in [0.5, 0.6) is 0 Å². The van der Waals surface area contributed by atoms with Crippen LogP contribution in [0.15, 0.2) is 42.7 Å². The normalized spacial score (nSPS) is 17.6. The first-order chi connectivity index (χ1) is 10.3. The van der Waals surface area contributed by atoms with E-state index in [4.69, 9.17) is 0 Å². The predicted molar refractivity (Wildman–Crippen MR) is 87.6 cm³/mol. The maximum atomic E-state index is 4.52. The van der Waals surface area contributed by atoms with E-state index in [1.54, 1.807) is 0 Å². The van der Waals surface area contributed by atoms with Crippen LogP contribution in [-0.2, 0) is 6.42 Å². The van der Waals surface area contributed by atoms with E-state index in [-0.39, 0.29) is 0 Å². The molecular formula is C18H25N3.